The molecule has 0 bridgehead atoms. The minimum absolute atomic E-state index is 0.00133. The Hall–Kier alpha value is -2.36. The predicted octanol–water partition coefficient (Wildman–Crippen LogP) is 1.97. The summed E-state index contributed by atoms with van der Waals surface area (Å²) in [5.41, 5.74) is 0.969. The first-order chi connectivity index (χ1) is 8.65. The fraction of sp³-hybridized carbons (Fsp3) is 0.143. The maximum atomic E-state index is 11.6. The van der Waals surface area contributed by atoms with Crippen molar-refractivity contribution in [3.8, 4) is 0 Å². The Bertz CT molecular complexity index is 448. The Morgan fingerprint density at radius 3 is 2.33 bits per heavy atom. The highest BCUT2D eigenvalue weighted by Gasteiger charge is 2.10. The van der Waals surface area contributed by atoms with Crippen LogP contribution in [0.3, 0.4) is 0 Å². The lowest BCUT2D eigenvalue weighted by Gasteiger charge is -2.07. The molecule has 18 heavy (non-hydrogen) atoms. The van der Waals surface area contributed by atoms with Crippen molar-refractivity contribution in [2.45, 2.75) is 0 Å². The number of carbonyl (C=O) groups is 2. The van der Waals surface area contributed by atoms with E-state index in [0.717, 1.165) is 6.08 Å². The molecule has 0 saturated heterocycles. The van der Waals surface area contributed by atoms with Crippen molar-refractivity contribution >= 4 is 17.5 Å². The summed E-state index contributed by atoms with van der Waals surface area (Å²) in [5.74, 6) is -1.08. The van der Waals surface area contributed by atoms with E-state index in [9.17, 15) is 9.59 Å². The fourth-order valence-electron chi connectivity index (χ4n) is 1.18. The molecule has 4 heteroatoms. The van der Waals surface area contributed by atoms with Gasteiger partial charge in [0.05, 0.1) is 5.57 Å². The van der Waals surface area contributed by atoms with E-state index in [0.29, 0.717) is 5.56 Å². The minimum Gasteiger partial charge on any atom is -0.459 e. The molecule has 0 unspecified atom stereocenters. The highest BCUT2D eigenvalue weighted by Crippen LogP contribution is 2.12. The number of ether oxygens (including phenoxy) is 2. The third-order valence-electron chi connectivity index (χ3n) is 2.10. The smallest absolute Gasteiger partial charge is 0.338 e. The molecule has 0 N–H and O–H groups in total. The van der Waals surface area contributed by atoms with Crippen LogP contribution >= 0.6 is 0 Å². The first-order valence-corrected chi connectivity index (χ1v) is 5.36. The van der Waals surface area contributed by atoms with E-state index in [2.05, 4.69) is 17.9 Å². The monoisotopic (exact) mass is 246 g/mol. The summed E-state index contributed by atoms with van der Waals surface area (Å²) in [7, 11) is 0. The van der Waals surface area contributed by atoms with Crippen LogP contribution in [0.2, 0.25) is 0 Å². The molecule has 94 valence electrons. The first-order valence-electron chi connectivity index (χ1n) is 5.36. The van der Waals surface area contributed by atoms with Gasteiger partial charge < -0.3 is 9.47 Å². The molecule has 0 aliphatic carbocycles. The summed E-state index contributed by atoms with van der Waals surface area (Å²) in [6, 6.07) is 8.98. The highest BCUT2D eigenvalue weighted by atomic mass is 16.6. The molecule has 0 atom stereocenters. The van der Waals surface area contributed by atoms with Crippen molar-refractivity contribution in [3.63, 3.8) is 0 Å². The minimum atomic E-state index is -0.548. The van der Waals surface area contributed by atoms with Crippen molar-refractivity contribution < 1.29 is 19.1 Å². The third kappa shape index (κ3) is 4.25. The maximum absolute atomic E-state index is 11.6. The van der Waals surface area contributed by atoms with E-state index >= 15 is 0 Å². The fourth-order valence-corrected chi connectivity index (χ4v) is 1.18. The van der Waals surface area contributed by atoms with Crippen LogP contribution in [0.5, 0.6) is 0 Å². The average molecular weight is 246 g/mol. The third-order valence-corrected chi connectivity index (χ3v) is 2.10. The van der Waals surface area contributed by atoms with Crippen molar-refractivity contribution in [2.24, 2.45) is 0 Å². The molecule has 0 amide bonds. The molecule has 0 fully saturated rings. The zero-order valence-corrected chi connectivity index (χ0v) is 9.93. The number of esters is 2. The van der Waals surface area contributed by atoms with Gasteiger partial charge in [-0.05, 0) is 5.56 Å². The number of rotatable bonds is 6. The lowest BCUT2D eigenvalue weighted by molar-refractivity contribution is -0.145. The molecule has 4 nitrogen and oxygen atoms in total. The zero-order valence-electron chi connectivity index (χ0n) is 9.93. The highest BCUT2D eigenvalue weighted by molar-refractivity contribution is 6.15. The molecule has 0 radical (unpaired) electrons. The molecular formula is C14H14O4. The van der Waals surface area contributed by atoms with Crippen LogP contribution in [0.4, 0.5) is 0 Å². The number of hydrogen-bond acceptors (Lipinski definition) is 4. The molecule has 0 spiro atoms. The van der Waals surface area contributed by atoms with Crippen LogP contribution in [-0.2, 0) is 19.1 Å². The van der Waals surface area contributed by atoms with E-state index in [1.165, 1.54) is 0 Å². The Morgan fingerprint density at radius 1 is 1.11 bits per heavy atom. The molecule has 1 aromatic carbocycles. The van der Waals surface area contributed by atoms with E-state index < -0.39 is 11.9 Å². The van der Waals surface area contributed by atoms with Gasteiger partial charge >= 0.3 is 11.9 Å². The summed E-state index contributed by atoms with van der Waals surface area (Å²) in [6.45, 7) is 6.89. The Balaban J connectivity index is 2.35. The van der Waals surface area contributed by atoms with Gasteiger partial charge in [0.1, 0.15) is 13.2 Å². The second-order valence-corrected chi connectivity index (χ2v) is 3.35. The summed E-state index contributed by atoms with van der Waals surface area (Å²) >= 11 is 0. The Morgan fingerprint density at radius 2 is 1.72 bits per heavy atom. The van der Waals surface area contributed by atoms with Gasteiger partial charge in [0.15, 0.2) is 0 Å². The van der Waals surface area contributed by atoms with E-state index in [4.69, 9.17) is 4.74 Å². The van der Waals surface area contributed by atoms with Gasteiger partial charge in [-0.3, -0.25) is 0 Å². The average Bonchev–Trinajstić information content (AvgIpc) is 2.43. The summed E-state index contributed by atoms with van der Waals surface area (Å²) in [5, 5.41) is 0. The molecule has 0 saturated carbocycles. The zero-order chi connectivity index (χ0) is 13.4. The Kier molecular flexibility index (Phi) is 5.38. The summed E-state index contributed by atoms with van der Waals surface area (Å²) in [4.78, 5) is 22.3. The van der Waals surface area contributed by atoms with Crippen molar-refractivity contribution in [1.29, 1.82) is 0 Å². The number of carbonyl (C=O) groups excluding carboxylic acids is 2. The van der Waals surface area contributed by atoms with E-state index in [-0.39, 0.29) is 18.8 Å². The second-order valence-electron chi connectivity index (χ2n) is 3.35. The first kappa shape index (κ1) is 13.7. The van der Waals surface area contributed by atoms with Crippen molar-refractivity contribution in [1.82, 2.24) is 0 Å². The van der Waals surface area contributed by atoms with Crippen LogP contribution in [-0.4, -0.2) is 25.2 Å². The quantitative estimate of drug-likeness (QED) is 0.437. The lowest BCUT2D eigenvalue weighted by Crippen LogP contribution is -2.13. The molecule has 0 aromatic heterocycles. The molecular weight excluding hydrogens is 232 g/mol. The molecule has 0 heterocycles. The second kappa shape index (κ2) is 7.06. The lowest BCUT2D eigenvalue weighted by atomic mass is 10.1. The van der Waals surface area contributed by atoms with Gasteiger partial charge in [0.25, 0.3) is 0 Å². The van der Waals surface area contributed by atoms with Gasteiger partial charge in [-0.1, -0.05) is 43.5 Å². The van der Waals surface area contributed by atoms with Crippen LogP contribution < -0.4 is 0 Å². The number of benzene rings is 1. The largest absolute Gasteiger partial charge is 0.459 e. The summed E-state index contributed by atoms with van der Waals surface area (Å²) < 4.78 is 9.57. The van der Waals surface area contributed by atoms with Gasteiger partial charge in [-0.15, -0.1) is 0 Å². The molecule has 0 aliphatic rings. The van der Waals surface area contributed by atoms with Crippen molar-refractivity contribution in [3.05, 3.63) is 55.1 Å². The molecule has 1 rings (SSSR count). The van der Waals surface area contributed by atoms with Crippen LogP contribution in [0.1, 0.15) is 5.56 Å². The van der Waals surface area contributed by atoms with Gasteiger partial charge in [0, 0.05) is 6.08 Å². The standard InChI is InChI=1S/C14H14O4/c1-3-13(15)17-9-10-18-14(16)11(2)12-7-5-4-6-8-12/h3-8H,1-2,9-10H2. The van der Waals surface area contributed by atoms with Gasteiger partial charge in [-0.2, -0.15) is 0 Å². The predicted molar refractivity (Wildman–Crippen MR) is 67.6 cm³/mol. The van der Waals surface area contributed by atoms with E-state index in [1.807, 2.05) is 6.07 Å². The topological polar surface area (TPSA) is 52.6 Å². The normalized spacial score (nSPS) is 9.33. The van der Waals surface area contributed by atoms with Crippen LogP contribution in [0.25, 0.3) is 5.57 Å². The maximum Gasteiger partial charge on any atom is 0.338 e. The van der Waals surface area contributed by atoms with Gasteiger partial charge in [0.2, 0.25) is 0 Å². The van der Waals surface area contributed by atoms with E-state index in [1.54, 1.807) is 24.3 Å². The number of hydrogen-bond donors (Lipinski definition) is 0. The van der Waals surface area contributed by atoms with Crippen molar-refractivity contribution in [2.75, 3.05) is 13.2 Å². The molecule has 1 aromatic rings. The van der Waals surface area contributed by atoms with Crippen LogP contribution in [0, 0.1) is 0 Å². The molecule has 0 aliphatic heterocycles. The summed E-state index contributed by atoms with van der Waals surface area (Å²) in [6.07, 6.45) is 1.05. The SMILES string of the molecule is C=CC(=O)OCCOC(=O)C(=C)c1ccccc1. The Labute approximate surface area is 106 Å². The van der Waals surface area contributed by atoms with Gasteiger partial charge in [-0.25, -0.2) is 9.59 Å². The van der Waals surface area contributed by atoms with Crippen LogP contribution in [0.15, 0.2) is 49.6 Å².